The first-order chi connectivity index (χ1) is 9.60. The highest BCUT2D eigenvalue weighted by molar-refractivity contribution is 5.76. The van der Waals surface area contributed by atoms with E-state index in [1.54, 1.807) is 7.11 Å². The number of nitrogens with zero attached hydrogens (tertiary/aromatic N) is 1. The lowest BCUT2D eigenvalue weighted by atomic mass is 10.0. The van der Waals surface area contributed by atoms with Crippen molar-refractivity contribution in [1.82, 2.24) is 4.90 Å². The summed E-state index contributed by atoms with van der Waals surface area (Å²) in [7, 11) is 1.65. The van der Waals surface area contributed by atoms with Gasteiger partial charge in [0.1, 0.15) is 5.75 Å². The fourth-order valence-electron chi connectivity index (χ4n) is 2.64. The van der Waals surface area contributed by atoms with Crippen LogP contribution in [0, 0.1) is 5.92 Å². The molecule has 1 aliphatic heterocycles. The second-order valence-electron chi connectivity index (χ2n) is 5.60. The van der Waals surface area contributed by atoms with Gasteiger partial charge in [-0.3, -0.25) is 4.79 Å². The van der Waals surface area contributed by atoms with Gasteiger partial charge in [0.05, 0.1) is 7.11 Å². The first-order valence-corrected chi connectivity index (χ1v) is 7.26. The third-order valence-corrected chi connectivity index (χ3v) is 4.11. The normalized spacial score (nSPS) is 19.9. The summed E-state index contributed by atoms with van der Waals surface area (Å²) in [6.07, 6.45) is 2.38. The number of hydrogen-bond donors (Lipinski definition) is 1. The van der Waals surface area contributed by atoms with E-state index < -0.39 is 0 Å². The van der Waals surface area contributed by atoms with Gasteiger partial charge in [0.2, 0.25) is 5.91 Å². The average Bonchev–Trinajstić information content (AvgIpc) is 2.95. The molecule has 1 aromatic carbocycles. The lowest BCUT2D eigenvalue weighted by Gasteiger charge is -2.18. The largest absolute Gasteiger partial charge is 0.497 e. The Morgan fingerprint density at radius 1 is 1.45 bits per heavy atom. The van der Waals surface area contributed by atoms with Crippen molar-refractivity contribution < 1.29 is 9.53 Å². The summed E-state index contributed by atoms with van der Waals surface area (Å²) in [5.41, 5.74) is 7.07. The van der Waals surface area contributed by atoms with Gasteiger partial charge in [-0.05, 0) is 43.4 Å². The standard InChI is InChI=1S/C16H24N2O2/c1-12(17)14-9-10-18(11-14)16(19)8-5-13-3-6-15(20-2)7-4-13/h3-4,6-7,12,14H,5,8-11,17H2,1-2H3. The number of nitrogens with two attached hydrogens (primary N) is 1. The molecule has 1 fully saturated rings. The van der Waals surface area contributed by atoms with Crippen LogP contribution in [0.4, 0.5) is 0 Å². The van der Waals surface area contributed by atoms with Crippen LogP contribution in [0.1, 0.15) is 25.3 Å². The number of methoxy groups -OCH3 is 1. The maximum absolute atomic E-state index is 12.2. The van der Waals surface area contributed by atoms with Crippen LogP contribution in [-0.2, 0) is 11.2 Å². The first-order valence-electron chi connectivity index (χ1n) is 7.26. The van der Waals surface area contributed by atoms with Crippen molar-refractivity contribution >= 4 is 5.91 Å². The van der Waals surface area contributed by atoms with Gasteiger partial charge in [-0.1, -0.05) is 12.1 Å². The molecule has 1 aromatic rings. The molecule has 1 saturated heterocycles. The third kappa shape index (κ3) is 3.73. The Labute approximate surface area is 120 Å². The van der Waals surface area contributed by atoms with E-state index in [2.05, 4.69) is 0 Å². The minimum atomic E-state index is 0.175. The number of rotatable bonds is 5. The van der Waals surface area contributed by atoms with Crippen molar-refractivity contribution in [3.05, 3.63) is 29.8 Å². The van der Waals surface area contributed by atoms with Crippen molar-refractivity contribution in [2.45, 2.75) is 32.2 Å². The Balaban J connectivity index is 1.80. The van der Waals surface area contributed by atoms with Crippen LogP contribution in [0.2, 0.25) is 0 Å². The van der Waals surface area contributed by atoms with Crippen molar-refractivity contribution in [3.63, 3.8) is 0 Å². The summed E-state index contributed by atoms with van der Waals surface area (Å²) in [5.74, 6) is 1.54. The van der Waals surface area contributed by atoms with E-state index in [4.69, 9.17) is 10.5 Å². The molecule has 2 N–H and O–H groups in total. The molecule has 1 amide bonds. The summed E-state index contributed by atoms with van der Waals surface area (Å²) >= 11 is 0. The van der Waals surface area contributed by atoms with E-state index in [1.165, 1.54) is 5.56 Å². The number of likely N-dealkylation sites (tertiary alicyclic amines) is 1. The summed E-state index contributed by atoms with van der Waals surface area (Å²) in [5, 5.41) is 0. The summed E-state index contributed by atoms with van der Waals surface area (Å²) in [6, 6.07) is 8.07. The van der Waals surface area contributed by atoms with Gasteiger partial charge < -0.3 is 15.4 Å². The highest BCUT2D eigenvalue weighted by Gasteiger charge is 2.27. The highest BCUT2D eigenvalue weighted by Crippen LogP contribution is 2.20. The minimum Gasteiger partial charge on any atom is -0.497 e. The van der Waals surface area contributed by atoms with Crippen molar-refractivity contribution in [1.29, 1.82) is 0 Å². The molecule has 4 nitrogen and oxygen atoms in total. The van der Waals surface area contributed by atoms with E-state index in [0.29, 0.717) is 12.3 Å². The second-order valence-corrected chi connectivity index (χ2v) is 5.60. The Morgan fingerprint density at radius 3 is 2.70 bits per heavy atom. The van der Waals surface area contributed by atoms with Crippen LogP contribution in [-0.4, -0.2) is 37.0 Å². The SMILES string of the molecule is COc1ccc(CCC(=O)N2CCC(C(C)N)C2)cc1. The zero-order chi connectivity index (χ0) is 14.5. The average molecular weight is 276 g/mol. The van der Waals surface area contributed by atoms with E-state index >= 15 is 0 Å². The van der Waals surface area contributed by atoms with Gasteiger partial charge >= 0.3 is 0 Å². The Bertz CT molecular complexity index is 442. The number of hydrogen-bond acceptors (Lipinski definition) is 3. The molecule has 0 saturated carbocycles. The van der Waals surface area contributed by atoms with Gasteiger partial charge in [0.25, 0.3) is 0 Å². The zero-order valence-corrected chi connectivity index (χ0v) is 12.3. The summed E-state index contributed by atoms with van der Waals surface area (Å²) in [6.45, 7) is 3.70. The van der Waals surface area contributed by atoms with E-state index in [0.717, 1.165) is 31.7 Å². The molecule has 2 unspecified atom stereocenters. The fraction of sp³-hybridized carbons (Fsp3) is 0.562. The molecule has 0 aliphatic carbocycles. The molecule has 110 valence electrons. The molecular weight excluding hydrogens is 252 g/mol. The molecule has 1 heterocycles. The predicted molar refractivity (Wildman–Crippen MR) is 79.7 cm³/mol. The van der Waals surface area contributed by atoms with Crippen LogP contribution in [0.25, 0.3) is 0 Å². The van der Waals surface area contributed by atoms with Gasteiger partial charge in [0.15, 0.2) is 0 Å². The molecular formula is C16H24N2O2. The molecule has 20 heavy (non-hydrogen) atoms. The van der Waals surface area contributed by atoms with Crippen molar-refractivity contribution in [3.8, 4) is 5.75 Å². The Kier molecular flexibility index (Phi) is 5.01. The third-order valence-electron chi connectivity index (χ3n) is 4.11. The highest BCUT2D eigenvalue weighted by atomic mass is 16.5. The van der Waals surface area contributed by atoms with Gasteiger partial charge in [-0.15, -0.1) is 0 Å². The van der Waals surface area contributed by atoms with Gasteiger partial charge in [-0.2, -0.15) is 0 Å². The molecule has 0 bridgehead atoms. The number of carbonyl (C=O) groups excluding carboxylic acids is 1. The summed E-state index contributed by atoms with van der Waals surface area (Å²) < 4.78 is 5.12. The van der Waals surface area contributed by atoms with Crippen LogP contribution in [0.5, 0.6) is 5.75 Å². The van der Waals surface area contributed by atoms with Crippen molar-refractivity contribution in [2.75, 3.05) is 20.2 Å². The van der Waals surface area contributed by atoms with Crippen LogP contribution in [0.3, 0.4) is 0 Å². The maximum atomic E-state index is 12.2. The molecule has 2 atom stereocenters. The first kappa shape index (κ1) is 14.9. The number of aryl methyl sites for hydroxylation is 1. The van der Waals surface area contributed by atoms with Crippen molar-refractivity contribution in [2.24, 2.45) is 11.7 Å². The van der Waals surface area contributed by atoms with E-state index in [9.17, 15) is 4.79 Å². The van der Waals surface area contributed by atoms with Crippen LogP contribution < -0.4 is 10.5 Å². The zero-order valence-electron chi connectivity index (χ0n) is 12.3. The quantitative estimate of drug-likeness (QED) is 0.892. The monoisotopic (exact) mass is 276 g/mol. The topological polar surface area (TPSA) is 55.6 Å². The van der Waals surface area contributed by atoms with Crippen LogP contribution >= 0.6 is 0 Å². The Hall–Kier alpha value is -1.55. The smallest absolute Gasteiger partial charge is 0.222 e. The number of benzene rings is 1. The molecule has 0 radical (unpaired) electrons. The Morgan fingerprint density at radius 2 is 2.15 bits per heavy atom. The fourth-order valence-corrected chi connectivity index (χ4v) is 2.64. The van der Waals surface area contributed by atoms with E-state index in [1.807, 2.05) is 36.1 Å². The second kappa shape index (κ2) is 6.75. The minimum absolute atomic E-state index is 0.175. The summed E-state index contributed by atoms with van der Waals surface area (Å²) in [4.78, 5) is 14.1. The number of carbonyl (C=O) groups is 1. The molecule has 2 rings (SSSR count). The predicted octanol–water partition coefficient (Wildman–Crippen LogP) is 1.82. The molecule has 1 aliphatic rings. The van der Waals surface area contributed by atoms with Gasteiger partial charge in [0, 0.05) is 25.6 Å². The molecule has 0 spiro atoms. The molecule has 0 aromatic heterocycles. The maximum Gasteiger partial charge on any atom is 0.222 e. The van der Waals surface area contributed by atoms with E-state index in [-0.39, 0.29) is 11.9 Å². The lowest BCUT2D eigenvalue weighted by molar-refractivity contribution is -0.130. The van der Waals surface area contributed by atoms with Crippen LogP contribution in [0.15, 0.2) is 24.3 Å². The lowest BCUT2D eigenvalue weighted by Crippen LogP contribution is -2.33. The number of amides is 1. The molecule has 4 heteroatoms. The number of ether oxygens (including phenoxy) is 1. The van der Waals surface area contributed by atoms with Gasteiger partial charge in [-0.25, -0.2) is 0 Å².